The van der Waals surface area contributed by atoms with Gasteiger partial charge in [0.2, 0.25) is 0 Å². The van der Waals surface area contributed by atoms with Crippen molar-refractivity contribution in [2.75, 3.05) is 6.54 Å². The molecule has 0 saturated carbocycles. The van der Waals surface area contributed by atoms with Crippen LogP contribution in [0.3, 0.4) is 0 Å². The maximum atomic E-state index is 4.83. The third-order valence-corrected chi connectivity index (χ3v) is 4.72. The molecule has 1 aromatic carbocycles. The van der Waals surface area contributed by atoms with Gasteiger partial charge in [0.05, 0.1) is 22.9 Å². The van der Waals surface area contributed by atoms with Gasteiger partial charge >= 0.3 is 0 Å². The normalized spacial score (nSPS) is 18.8. The van der Waals surface area contributed by atoms with Crippen LogP contribution in [0.4, 0.5) is 0 Å². The van der Waals surface area contributed by atoms with E-state index in [1.165, 1.54) is 24.1 Å². The monoisotopic (exact) mass is 306 g/mol. The number of pyridine rings is 1. The number of hydrogen-bond acceptors (Lipinski definition) is 3. The number of hydrogen-bond donors (Lipinski definition) is 0. The molecule has 3 aromatic rings. The molecule has 0 spiro atoms. The Hall–Kier alpha value is -2.20. The molecular formula is C19H22N4. The van der Waals surface area contributed by atoms with Crippen LogP contribution in [0.15, 0.2) is 42.6 Å². The molecule has 2 aromatic heterocycles. The van der Waals surface area contributed by atoms with Gasteiger partial charge in [0.25, 0.3) is 0 Å². The molecule has 0 bridgehead atoms. The number of rotatable bonds is 3. The Kier molecular flexibility index (Phi) is 3.62. The van der Waals surface area contributed by atoms with E-state index in [9.17, 15) is 0 Å². The molecule has 0 amide bonds. The number of fused-ring (bicyclic) bond motifs is 1. The molecule has 1 atom stereocenters. The third kappa shape index (κ3) is 2.75. The lowest BCUT2D eigenvalue weighted by Crippen LogP contribution is -2.25. The number of likely N-dealkylation sites (tertiary alicyclic amines) is 1. The van der Waals surface area contributed by atoms with E-state index in [1.807, 2.05) is 0 Å². The smallest absolute Gasteiger partial charge is 0.126 e. The van der Waals surface area contributed by atoms with E-state index in [-0.39, 0.29) is 0 Å². The van der Waals surface area contributed by atoms with Gasteiger partial charge in [-0.3, -0.25) is 9.88 Å². The summed E-state index contributed by atoms with van der Waals surface area (Å²) in [6, 6.07) is 13.0. The van der Waals surface area contributed by atoms with Gasteiger partial charge in [0.15, 0.2) is 0 Å². The molecule has 1 saturated heterocycles. The zero-order valence-electron chi connectivity index (χ0n) is 13.7. The third-order valence-electron chi connectivity index (χ3n) is 4.72. The molecule has 0 unspecified atom stereocenters. The Balaban J connectivity index is 1.60. The van der Waals surface area contributed by atoms with Crippen LogP contribution < -0.4 is 0 Å². The number of aromatic nitrogens is 3. The van der Waals surface area contributed by atoms with Gasteiger partial charge in [-0.05, 0) is 38.4 Å². The van der Waals surface area contributed by atoms with Crippen molar-refractivity contribution in [3.8, 4) is 0 Å². The highest BCUT2D eigenvalue weighted by atomic mass is 15.2. The van der Waals surface area contributed by atoms with Gasteiger partial charge in [-0.25, -0.2) is 4.98 Å². The minimum absolute atomic E-state index is 0.405. The SMILES string of the molecule is Cc1cn(C)c([C@@H]2CCCN2Cc2ccc3ccccc3n2)n1. The van der Waals surface area contributed by atoms with Crippen molar-refractivity contribution < 1.29 is 0 Å². The van der Waals surface area contributed by atoms with E-state index in [1.54, 1.807) is 0 Å². The summed E-state index contributed by atoms with van der Waals surface area (Å²) in [5.74, 6) is 1.18. The molecule has 0 aliphatic carbocycles. The zero-order chi connectivity index (χ0) is 15.8. The summed E-state index contributed by atoms with van der Waals surface area (Å²) in [5.41, 5.74) is 3.31. The van der Waals surface area contributed by atoms with Crippen LogP contribution in [0, 0.1) is 6.92 Å². The number of benzene rings is 1. The maximum absolute atomic E-state index is 4.83. The molecule has 23 heavy (non-hydrogen) atoms. The maximum Gasteiger partial charge on any atom is 0.126 e. The van der Waals surface area contributed by atoms with Crippen molar-refractivity contribution in [1.82, 2.24) is 19.4 Å². The fraction of sp³-hybridized carbons (Fsp3) is 0.368. The molecule has 1 aliphatic rings. The van der Waals surface area contributed by atoms with Crippen LogP contribution in [-0.2, 0) is 13.6 Å². The highest BCUT2D eigenvalue weighted by molar-refractivity contribution is 5.78. The summed E-state index contributed by atoms with van der Waals surface area (Å²) < 4.78 is 2.17. The van der Waals surface area contributed by atoms with Gasteiger partial charge in [-0.2, -0.15) is 0 Å². The largest absolute Gasteiger partial charge is 0.336 e. The van der Waals surface area contributed by atoms with Gasteiger partial charge in [0.1, 0.15) is 5.82 Å². The fourth-order valence-corrected chi connectivity index (χ4v) is 3.66. The molecular weight excluding hydrogens is 284 g/mol. The molecule has 4 rings (SSSR count). The van der Waals surface area contributed by atoms with Crippen LogP contribution in [0.5, 0.6) is 0 Å². The zero-order valence-corrected chi connectivity index (χ0v) is 13.7. The van der Waals surface area contributed by atoms with Gasteiger partial charge in [0, 0.05) is 25.2 Å². The predicted octanol–water partition coefficient (Wildman–Crippen LogP) is 3.61. The van der Waals surface area contributed by atoms with Crippen molar-refractivity contribution in [2.24, 2.45) is 7.05 Å². The molecule has 4 nitrogen and oxygen atoms in total. The molecule has 4 heteroatoms. The van der Waals surface area contributed by atoms with Crippen molar-refractivity contribution >= 4 is 10.9 Å². The molecule has 1 fully saturated rings. The van der Waals surface area contributed by atoms with E-state index in [2.05, 4.69) is 66.0 Å². The second-order valence-corrected chi connectivity index (χ2v) is 6.48. The quantitative estimate of drug-likeness (QED) is 0.741. The Morgan fingerprint density at radius 2 is 2.00 bits per heavy atom. The van der Waals surface area contributed by atoms with E-state index >= 15 is 0 Å². The van der Waals surface area contributed by atoms with E-state index < -0.39 is 0 Å². The van der Waals surface area contributed by atoms with Crippen LogP contribution in [0.1, 0.15) is 36.1 Å². The first-order valence-corrected chi connectivity index (χ1v) is 8.29. The van der Waals surface area contributed by atoms with Crippen molar-refractivity contribution in [2.45, 2.75) is 32.4 Å². The Morgan fingerprint density at radius 3 is 2.83 bits per heavy atom. The first kappa shape index (κ1) is 14.4. The van der Waals surface area contributed by atoms with Crippen molar-refractivity contribution in [3.63, 3.8) is 0 Å². The Labute approximate surface area is 136 Å². The summed E-state index contributed by atoms with van der Waals surface area (Å²) in [6.07, 6.45) is 4.52. The Morgan fingerprint density at radius 1 is 1.13 bits per heavy atom. The first-order valence-electron chi connectivity index (χ1n) is 8.29. The van der Waals surface area contributed by atoms with Gasteiger partial charge in [-0.15, -0.1) is 0 Å². The summed E-state index contributed by atoms with van der Waals surface area (Å²) in [7, 11) is 2.10. The average Bonchev–Trinajstić information content (AvgIpc) is 3.13. The van der Waals surface area contributed by atoms with Crippen LogP contribution >= 0.6 is 0 Å². The molecule has 0 N–H and O–H groups in total. The predicted molar refractivity (Wildman–Crippen MR) is 92.1 cm³/mol. The first-order chi connectivity index (χ1) is 11.2. The summed E-state index contributed by atoms with van der Waals surface area (Å²) in [6.45, 7) is 4.07. The lowest BCUT2D eigenvalue weighted by molar-refractivity contribution is 0.234. The highest BCUT2D eigenvalue weighted by Gasteiger charge is 2.29. The highest BCUT2D eigenvalue weighted by Crippen LogP contribution is 2.32. The van der Waals surface area contributed by atoms with E-state index in [0.717, 1.165) is 30.0 Å². The standard InChI is InChI=1S/C19H22N4/c1-14-12-22(2)19(20-14)18-8-5-11-23(18)13-16-10-9-15-6-3-4-7-17(15)21-16/h3-4,6-7,9-10,12,18H,5,8,11,13H2,1-2H3/t18-/m0/s1. The van der Waals surface area contributed by atoms with Gasteiger partial charge < -0.3 is 4.57 Å². The lowest BCUT2D eigenvalue weighted by Gasteiger charge is -2.23. The van der Waals surface area contributed by atoms with Crippen molar-refractivity contribution in [3.05, 3.63) is 59.8 Å². The minimum atomic E-state index is 0.405. The van der Waals surface area contributed by atoms with Gasteiger partial charge in [-0.1, -0.05) is 24.3 Å². The molecule has 118 valence electrons. The summed E-state index contributed by atoms with van der Waals surface area (Å²) >= 11 is 0. The van der Waals surface area contributed by atoms with Crippen LogP contribution in [0.25, 0.3) is 10.9 Å². The summed E-state index contributed by atoms with van der Waals surface area (Å²) in [4.78, 5) is 12.1. The lowest BCUT2D eigenvalue weighted by atomic mass is 10.2. The Bertz CT molecular complexity index is 836. The second kappa shape index (κ2) is 5.78. The second-order valence-electron chi connectivity index (χ2n) is 6.48. The molecule has 1 aliphatic heterocycles. The topological polar surface area (TPSA) is 34.0 Å². The molecule has 3 heterocycles. The average molecular weight is 306 g/mol. The summed E-state index contributed by atoms with van der Waals surface area (Å²) in [5, 5.41) is 1.20. The van der Waals surface area contributed by atoms with E-state index in [0.29, 0.717) is 6.04 Å². The fourth-order valence-electron chi connectivity index (χ4n) is 3.66. The van der Waals surface area contributed by atoms with Crippen LogP contribution in [-0.4, -0.2) is 26.0 Å². The van der Waals surface area contributed by atoms with E-state index in [4.69, 9.17) is 9.97 Å². The number of para-hydroxylation sites is 1. The number of imidazole rings is 1. The number of aryl methyl sites for hydroxylation is 2. The van der Waals surface area contributed by atoms with Crippen molar-refractivity contribution in [1.29, 1.82) is 0 Å². The van der Waals surface area contributed by atoms with Crippen LogP contribution in [0.2, 0.25) is 0 Å². The minimum Gasteiger partial charge on any atom is -0.336 e. The number of nitrogens with zero attached hydrogens (tertiary/aromatic N) is 4. The molecule has 0 radical (unpaired) electrons.